The zero-order valence-electron chi connectivity index (χ0n) is 42.3. The van der Waals surface area contributed by atoms with Gasteiger partial charge in [-0.15, -0.1) is 0 Å². The van der Waals surface area contributed by atoms with Crippen molar-refractivity contribution in [2.45, 2.75) is 0 Å². The number of rotatable bonds is 9. The Hall–Kier alpha value is -9.18. The van der Waals surface area contributed by atoms with Gasteiger partial charge in [-0.25, -0.2) is 0 Å². The number of hydrogen-bond donors (Lipinski definition) is 0. The summed E-state index contributed by atoms with van der Waals surface area (Å²) < 4.78 is 51.9. The number of benzene rings is 11. The molecule has 0 atom stereocenters. The van der Waals surface area contributed by atoms with E-state index in [1.54, 1.807) is 0 Å². The zero-order valence-corrected chi connectivity index (χ0v) is 37.3. The molecule has 324 valence electrons. The molecule has 3 nitrogen and oxygen atoms in total. The van der Waals surface area contributed by atoms with Gasteiger partial charge < -0.3 is 13.9 Å². The predicted octanol–water partition coefficient (Wildman–Crippen LogP) is 18.5. The van der Waals surface area contributed by atoms with Gasteiger partial charge >= 0.3 is 0 Å². The van der Waals surface area contributed by atoms with Gasteiger partial charge in [0.25, 0.3) is 0 Å². The Labute approximate surface area is 408 Å². The molecule has 0 N–H and O–H groups in total. The van der Waals surface area contributed by atoms with Gasteiger partial charge in [-0.1, -0.05) is 170 Å². The number of fused-ring (bicyclic) bond motifs is 6. The van der Waals surface area contributed by atoms with E-state index in [1.807, 2.05) is 71.3 Å². The van der Waals surface area contributed by atoms with Crippen LogP contribution in [0.1, 0.15) is 6.85 Å². The van der Waals surface area contributed by atoms with Crippen molar-refractivity contribution in [2.75, 3.05) is 4.90 Å². The quantitative estimate of drug-likeness (QED) is 0.144. The van der Waals surface area contributed by atoms with E-state index in [4.69, 9.17) is 11.3 Å². The third-order valence-electron chi connectivity index (χ3n) is 13.3. The van der Waals surface area contributed by atoms with Gasteiger partial charge in [0.05, 0.1) is 17.9 Å². The second kappa shape index (κ2) is 16.9. The average Bonchev–Trinajstić information content (AvgIpc) is 4.00. The molecule has 0 amide bonds. The van der Waals surface area contributed by atoms with E-state index in [0.29, 0.717) is 0 Å². The van der Waals surface area contributed by atoms with Crippen LogP contribution in [0.5, 0.6) is 0 Å². The van der Waals surface area contributed by atoms with Crippen LogP contribution in [0.4, 0.5) is 17.1 Å². The molecule has 0 radical (unpaired) electrons. The first kappa shape index (κ1) is 35.1. The number of nitrogens with zero attached hydrogens (tertiary/aromatic N) is 2. The topological polar surface area (TPSA) is 21.3 Å². The highest BCUT2D eigenvalue weighted by molar-refractivity contribution is 6.16. The molecule has 3 heteroatoms. The fourth-order valence-electron chi connectivity index (χ4n) is 10.00. The van der Waals surface area contributed by atoms with E-state index >= 15 is 0 Å². The van der Waals surface area contributed by atoms with Crippen molar-refractivity contribution in [3.8, 4) is 61.3 Å². The fourth-order valence-corrected chi connectivity index (χ4v) is 10.00. The summed E-state index contributed by atoms with van der Waals surface area (Å²) in [6.07, 6.45) is 0. The first-order chi connectivity index (χ1) is 36.3. The Bertz CT molecular complexity index is 4170. The minimum Gasteiger partial charge on any atom is -0.456 e. The number of furan rings is 1. The van der Waals surface area contributed by atoms with E-state index < -0.39 is 6.04 Å². The lowest BCUT2D eigenvalue weighted by molar-refractivity contribution is 0.669. The Morgan fingerprint density at radius 1 is 0.333 bits per heavy atom. The largest absolute Gasteiger partial charge is 0.456 e. The van der Waals surface area contributed by atoms with E-state index in [0.717, 1.165) is 116 Å². The molecule has 13 rings (SSSR count). The lowest BCUT2D eigenvalue weighted by Crippen LogP contribution is -2.09. The van der Waals surface area contributed by atoms with Crippen LogP contribution in [0.3, 0.4) is 0 Å². The number of para-hydroxylation sites is 3. The Morgan fingerprint density at radius 2 is 0.812 bits per heavy atom. The van der Waals surface area contributed by atoms with Crippen LogP contribution in [0.2, 0.25) is 0 Å². The highest BCUT2D eigenvalue weighted by atomic mass is 16.3. The molecule has 13 aromatic rings. The molecule has 0 spiro atoms. The second-order valence-electron chi connectivity index (χ2n) is 17.3. The van der Waals surface area contributed by atoms with Crippen LogP contribution in [0.15, 0.2) is 271 Å². The van der Waals surface area contributed by atoms with Crippen LogP contribution in [0, 0.1) is 0 Å². The molecule has 0 fully saturated rings. The van der Waals surface area contributed by atoms with E-state index in [2.05, 4.69) is 175 Å². The highest BCUT2D eigenvalue weighted by Crippen LogP contribution is 2.43. The summed E-state index contributed by atoms with van der Waals surface area (Å²) in [7, 11) is 0. The average molecular weight is 886 g/mol. The lowest BCUT2D eigenvalue weighted by atomic mass is 9.91. The molecule has 11 aromatic carbocycles. The molecule has 0 aliphatic rings. The van der Waals surface area contributed by atoms with Crippen LogP contribution >= 0.6 is 0 Å². The first-order valence-corrected chi connectivity index (χ1v) is 23.2. The summed E-state index contributed by atoms with van der Waals surface area (Å²) in [6.45, 7) is 0. The minimum atomic E-state index is -0.425. The number of aromatic nitrogens is 1. The Balaban J connectivity index is 0.974. The summed E-state index contributed by atoms with van der Waals surface area (Å²) in [5, 5.41) is 3.93. The van der Waals surface area contributed by atoms with Crippen molar-refractivity contribution in [3.63, 3.8) is 0 Å². The van der Waals surface area contributed by atoms with Crippen LogP contribution in [-0.2, 0) is 0 Å². The van der Waals surface area contributed by atoms with Crippen molar-refractivity contribution in [1.29, 1.82) is 0 Å². The van der Waals surface area contributed by atoms with Gasteiger partial charge in [0.15, 0.2) is 0 Å². The van der Waals surface area contributed by atoms with Gasteiger partial charge in [-0.2, -0.15) is 0 Å². The van der Waals surface area contributed by atoms with Gasteiger partial charge in [0.2, 0.25) is 0 Å². The smallest absolute Gasteiger partial charge is 0.136 e. The van der Waals surface area contributed by atoms with Crippen molar-refractivity contribution < 1.29 is 11.3 Å². The van der Waals surface area contributed by atoms with E-state index in [-0.39, 0.29) is 29.9 Å². The maximum atomic E-state index is 9.04. The summed E-state index contributed by atoms with van der Waals surface area (Å²) in [6, 6.07) is 80.6. The van der Waals surface area contributed by atoms with Crippen molar-refractivity contribution >= 4 is 60.8 Å². The van der Waals surface area contributed by atoms with Crippen molar-refractivity contribution in [2.24, 2.45) is 0 Å². The van der Waals surface area contributed by atoms with Crippen LogP contribution < -0.4 is 4.90 Å². The molecule has 0 bridgehead atoms. The molecule has 0 aliphatic carbocycles. The standard InChI is InChI=1S/C66H44N2O/c1-4-15-45(16-5-1)47-27-34-55(35-28-47)67(56-36-29-48(30-37-56)46-17-6-2-7-18-46)57-38-31-49(32-39-57)51-41-52(50-33-40-60-59-21-11-13-26-64(59)69-65(60)44-50)43-53(42-51)58-23-14-25-63-66(58)61-22-10-12-24-62(61)68(63)54-19-8-3-9-20-54/h1-44H/i3D,8D,9D,19D,20D. The number of anilines is 3. The van der Waals surface area contributed by atoms with Gasteiger partial charge in [0.1, 0.15) is 11.2 Å². The Morgan fingerprint density at radius 3 is 1.45 bits per heavy atom. The molecule has 2 aromatic heterocycles. The summed E-state index contributed by atoms with van der Waals surface area (Å²) in [5.74, 6) is 0. The molecule has 0 aliphatic heterocycles. The Kier molecular flexibility index (Phi) is 8.60. The molecule has 2 heterocycles. The molecule has 69 heavy (non-hydrogen) atoms. The zero-order chi connectivity index (χ0) is 50.0. The molecule has 0 saturated heterocycles. The van der Waals surface area contributed by atoms with Crippen LogP contribution in [0.25, 0.3) is 105 Å². The summed E-state index contributed by atoms with van der Waals surface area (Å²) in [5.41, 5.74) is 16.8. The minimum absolute atomic E-state index is 0.112. The molecule has 0 unspecified atom stereocenters. The molecular formula is C66H44N2O. The maximum Gasteiger partial charge on any atom is 0.136 e. The molecule has 0 saturated carbocycles. The first-order valence-electron chi connectivity index (χ1n) is 25.7. The SMILES string of the molecule is [2H]c1c([2H])c([2H])c(-n2c3ccccc3c3c(-c4cc(-c5ccc(N(c6ccc(-c7ccccc7)cc6)c6ccc(-c7ccccc7)cc6)cc5)cc(-c5ccc6c(c5)oc5ccccc56)c4)cccc32)c([2H])c1[2H]. The molecular weight excluding hydrogens is 837 g/mol. The lowest BCUT2D eigenvalue weighted by Gasteiger charge is -2.26. The van der Waals surface area contributed by atoms with Crippen molar-refractivity contribution in [1.82, 2.24) is 4.57 Å². The van der Waals surface area contributed by atoms with Gasteiger partial charge in [-0.05, 0) is 153 Å². The predicted molar refractivity (Wildman–Crippen MR) is 290 cm³/mol. The van der Waals surface area contributed by atoms with Gasteiger partial charge in [0, 0.05) is 44.3 Å². The third-order valence-corrected chi connectivity index (χ3v) is 13.3. The monoisotopic (exact) mass is 885 g/mol. The normalized spacial score (nSPS) is 12.5. The van der Waals surface area contributed by atoms with E-state index in [9.17, 15) is 0 Å². The maximum absolute atomic E-state index is 9.04. The van der Waals surface area contributed by atoms with Crippen LogP contribution in [-0.4, -0.2) is 4.57 Å². The highest BCUT2D eigenvalue weighted by Gasteiger charge is 2.19. The van der Waals surface area contributed by atoms with Gasteiger partial charge in [-0.3, -0.25) is 0 Å². The summed E-state index contributed by atoms with van der Waals surface area (Å²) >= 11 is 0. The number of hydrogen-bond acceptors (Lipinski definition) is 2. The van der Waals surface area contributed by atoms with E-state index in [1.165, 1.54) is 0 Å². The summed E-state index contributed by atoms with van der Waals surface area (Å²) in [4.78, 5) is 2.30. The van der Waals surface area contributed by atoms with Crippen molar-refractivity contribution in [3.05, 3.63) is 267 Å². The second-order valence-corrected chi connectivity index (χ2v) is 17.3. The third kappa shape index (κ3) is 7.25. The fraction of sp³-hybridized carbons (Fsp3) is 0.